The largest absolute Gasteiger partial charge is 0.477 e. The molecule has 0 bridgehead atoms. The maximum atomic E-state index is 12.1. The Morgan fingerprint density at radius 1 is 1.35 bits per heavy atom. The first-order chi connectivity index (χ1) is 8.01. The van der Waals surface area contributed by atoms with E-state index in [1.165, 1.54) is 16.4 Å². The molecule has 0 aromatic carbocycles. The van der Waals surface area contributed by atoms with E-state index < -0.39 is 16.0 Å². The zero-order valence-electron chi connectivity index (χ0n) is 8.92. The van der Waals surface area contributed by atoms with Crippen molar-refractivity contribution in [3.05, 3.63) is 17.0 Å². The van der Waals surface area contributed by atoms with Crippen LogP contribution in [0.2, 0.25) is 0 Å². The molecule has 0 saturated carbocycles. The van der Waals surface area contributed by atoms with Gasteiger partial charge < -0.3 is 10.4 Å². The molecule has 2 heterocycles. The molecule has 1 aliphatic heterocycles. The summed E-state index contributed by atoms with van der Waals surface area (Å²) in [4.78, 5) is 10.7. The summed E-state index contributed by atoms with van der Waals surface area (Å²) in [6.07, 6.45) is 0. The zero-order valence-corrected chi connectivity index (χ0v) is 10.6. The third-order valence-electron chi connectivity index (χ3n) is 2.46. The van der Waals surface area contributed by atoms with Gasteiger partial charge in [-0.3, -0.25) is 0 Å². The third-order valence-corrected chi connectivity index (χ3v) is 5.90. The summed E-state index contributed by atoms with van der Waals surface area (Å²) in [5.41, 5.74) is 0. The van der Waals surface area contributed by atoms with Gasteiger partial charge in [-0.2, -0.15) is 4.31 Å². The van der Waals surface area contributed by atoms with E-state index in [9.17, 15) is 13.2 Å². The van der Waals surface area contributed by atoms with E-state index >= 15 is 0 Å². The number of thiophene rings is 1. The molecule has 94 valence electrons. The number of sulfonamides is 1. The van der Waals surface area contributed by atoms with Crippen molar-refractivity contribution in [1.82, 2.24) is 9.62 Å². The van der Waals surface area contributed by atoms with E-state index in [0.29, 0.717) is 26.2 Å². The number of rotatable bonds is 3. The molecule has 0 radical (unpaired) electrons. The summed E-state index contributed by atoms with van der Waals surface area (Å²) in [5, 5.41) is 11.8. The first-order valence-electron chi connectivity index (χ1n) is 5.06. The minimum atomic E-state index is -3.53. The number of carboxylic acid groups (broad SMARTS) is 1. The fraction of sp³-hybridized carbons (Fsp3) is 0.444. The molecule has 0 spiro atoms. The molecule has 2 rings (SSSR count). The molecule has 17 heavy (non-hydrogen) atoms. The van der Waals surface area contributed by atoms with Gasteiger partial charge in [0.25, 0.3) is 10.0 Å². The van der Waals surface area contributed by atoms with Gasteiger partial charge in [-0.1, -0.05) is 0 Å². The van der Waals surface area contributed by atoms with Crippen LogP contribution in [0, 0.1) is 0 Å². The van der Waals surface area contributed by atoms with Gasteiger partial charge in [-0.25, -0.2) is 13.2 Å². The topological polar surface area (TPSA) is 86.7 Å². The highest BCUT2D eigenvalue weighted by molar-refractivity contribution is 7.91. The average molecular weight is 276 g/mol. The molecule has 1 aromatic rings. The second-order valence-corrected chi connectivity index (χ2v) is 6.83. The summed E-state index contributed by atoms with van der Waals surface area (Å²) in [6, 6.07) is 2.67. The maximum absolute atomic E-state index is 12.1. The number of carbonyl (C=O) groups is 1. The van der Waals surface area contributed by atoms with Crippen molar-refractivity contribution >= 4 is 27.3 Å². The minimum Gasteiger partial charge on any atom is -0.477 e. The highest BCUT2D eigenvalue weighted by atomic mass is 32.2. The Morgan fingerprint density at radius 3 is 2.53 bits per heavy atom. The highest BCUT2D eigenvalue weighted by Gasteiger charge is 2.27. The van der Waals surface area contributed by atoms with Crippen LogP contribution in [0.5, 0.6) is 0 Å². The summed E-state index contributed by atoms with van der Waals surface area (Å²) in [5.74, 6) is -1.10. The molecule has 2 N–H and O–H groups in total. The monoisotopic (exact) mass is 276 g/mol. The predicted octanol–water partition coefficient (Wildman–Crippen LogP) is 0.0402. The molecule has 0 amide bonds. The van der Waals surface area contributed by atoms with Crippen LogP contribution in [0.15, 0.2) is 16.3 Å². The van der Waals surface area contributed by atoms with Crippen LogP contribution in [0.3, 0.4) is 0 Å². The van der Waals surface area contributed by atoms with Crippen LogP contribution in [-0.2, 0) is 10.0 Å². The standard InChI is InChI=1S/C9H12N2O4S2/c12-9(13)7-1-2-8(16-7)17(14,15)11-5-3-10-4-6-11/h1-2,10H,3-6H2,(H,12,13). The van der Waals surface area contributed by atoms with Gasteiger partial charge in [0.2, 0.25) is 0 Å². The van der Waals surface area contributed by atoms with Crippen LogP contribution < -0.4 is 5.32 Å². The van der Waals surface area contributed by atoms with Gasteiger partial charge in [0.15, 0.2) is 0 Å². The molecule has 1 saturated heterocycles. The molecule has 0 unspecified atom stereocenters. The third kappa shape index (κ3) is 2.49. The second kappa shape index (κ2) is 4.73. The van der Waals surface area contributed by atoms with Crippen molar-refractivity contribution in [3.63, 3.8) is 0 Å². The van der Waals surface area contributed by atoms with Crippen molar-refractivity contribution in [3.8, 4) is 0 Å². The molecule has 1 fully saturated rings. The van der Waals surface area contributed by atoms with Crippen molar-refractivity contribution in [2.75, 3.05) is 26.2 Å². The molecular formula is C9H12N2O4S2. The lowest BCUT2D eigenvalue weighted by molar-refractivity contribution is 0.0702. The SMILES string of the molecule is O=C(O)c1ccc(S(=O)(=O)N2CCNCC2)s1. The van der Waals surface area contributed by atoms with E-state index in [0.717, 1.165) is 11.3 Å². The summed E-state index contributed by atoms with van der Waals surface area (Å²) in [6.45, 7) is 2.08. The van der Waals surface area contributed by atoms with Crippen molar-refractivity contribution in [2.45, 2.75) is 4.21 Å². The van der Waals surface area contributed by atoms with Gasteiger partial charge in [0.05, 0.1) is 0 Å². The Hall–Kier alpha value is -0.960. The molecule has 0 atom stereocenters. The van der Waals surface area contributed by atoms with Crippen molar-refractivity contribution < 1.29 is 18.3 Å². The van der Waals surface area contributed by atoms with E-state index in [-0.39, 0.29) is 9.09 Å². The average Bonchev–Trinajstić information content (AvgIpc) is 2.80. The Balaban J connectivity index is 2.27. The maximum Gasteiger partial charge on any atom is 0.345 e. The number of nitrogens with one attached hydrogen (secondary N) is 1. The van der Waals surface area contributed by atoms with Gasteiger partial charge in [0.1, 0.15) is 9.09 Å². The number of nitrogens with zero attached hydrogens (tertiary/aromatic N) is 1. The van der Waals surface area contributed by atoms with Crippen LogP contribution in [0.1, 0.15) is 9.67 Å². The summed E-state index contributed by atoms with van der Waals surface area (Å²) in [7, 11) is -3.53. The van der Waals surface area contributed by atoms with Gasteiger partial charge in [0, 0.05) is 26.2 Å². The Morgan fingerprint density at radius 2 is 2.00 bits per heavy atom. The number of hydrogen-bond donors (Lipinski definition) is 2. The second-order valence-electron chi connectivity index (χ2n) is 3.58. The van der Waals surface area contributed by atoms with Crippen LogP contribution in [-0.4, -0.2) is 50.0 Å². The molecular weight excluding hydrogens is 264 g/mol. The molecule has 8 heteroatoms. The fourth-order valence-electron chi connectivity index (χ4n) is 1.59. The predicted molar refractivity (Wildman–Crippen MR) is 62.9 cm³/mol. The van der Waals surface area contributed by atoms with E-state index in [1.807, 2.05) is 0 Å². The smallest absolute Gasteiger partial charge is 0.345 e. The summed E-state index contributed by atoms with van der Waals surface area (Å²) >= 11 is 0.792. The van der Waals surface area contributed by atoms with Crippen molar-refractivity contribution in [2.24, 2.45) is 0 Å². The lowest BCUT2D eigenvalue weighted by Crippen LogP contribution is -2.46. The molecule has 1 aliphatic rings. The van der Waals surface area contributed by atoms with E-state index in [4.69, 9.17) is 5.11 Å². The number of piperazine rings is 1. The lowest BCUT2D eigenvalue weighted by atomic mass is 10.4. The van der Waals surface area contributed by atoms with Crippen LogP contribution in [0.4, 0.5) is 0 Å². The number of hydrogen-bond acceptors (Lipinski definition) is 5. The van der Waals surface area contributed by atoms with Gasteiger partial charge in [-0.15, -0.1) is 11.3 Å². The summed E-state index contributed by atoms with van der Waals surface area (Å²) < 4.78 is 25.7. The van der Waals surface area contributed by atoms with Gasteiger partial charge in [-0.05, 0) is 12.1 Å². The highest BCUT2D eigenvalue weighted by Crippen LogP contribution is 2.25. The Labute approximate surface area is 103 Å². The fourth-order valence-corrected chi connectivity index (χ4v) is 4.33. The Bertz CT molecular complexity index is 517. The minimum absolute atomic E-state index is 0.0405. The Kier molecular flexibility index (Phi) is 3.48. The van der Waals surface area contributed by atoms with Crippen LogP contribution >= 0.6 is 11.3 Å². The van der Waals surface area contributed by atoms with Crippen LogP contribution in [0.25, 0.3) is 0 Å². The lowest BCUT2D eigenvalue weighted by Gasteiger charge is -2.25. The molecule has 6 nitrogen and oxygen atoms in total. The normalized spacial score (nSPS) is 18.1. The number of aromatic carboxylic acids is 1. The van der Waals surface area contributed by atoms with E-state index in [2.05, 4.69) is 5.32 Å². The van der Waals surface area contributed by atoms with E-state index in [1.54, 1.807) is 0 Å². The van der Waals surface area contributed by atoms with Crippen molar-refractivity contribution in [1.29, 1.82) is 0 Å². The molecule has 1 aromatic heterocycles. The first-order valence-corrected chi connectivity index (χ1v) is 7.31. The molecule has 0 aliphatic carbocycles. The first kappa shape index (κ1) is 12.5. The zero-order chi connectivity index (χ0) is 12.5. The quantitative estimate of drug-likeness (QED) is 0.814. The number of carboxylic acids is 1. The van der Waals surface area contributed by atoms with Gasteiger partial charge >= 0.3 is 5.97 Å².